The first kappa shape index (κ1) is 32.2. The van der Waals surface area contributed by atoms with Gasteiger partial charge >= 0.3 is 25.5 Å². The maximum absolute atomic E-state index is 13.1. The van der Waals surface area contributed by atoms with Gasteiger partial charge in [-0.05, 0) is 38.8 Å². The Balaban J connectivity index is 2.52. The molecule has 14 nitrogen and oxygen atoms in total. The van der Waals surface area contributed by atoms with Crippen LogP contribution in [0.1, 0.15) is 46.6 Å². The highest BCUT2D eigenvalue weighted by molar-refractivity contribution is 7.53. The van der Waals surface area contributed by atoms with Gasteiger partial charge in [0.25, 0.3) is 5.69 Å². The zero-order valence-corrected chi connectivity index (χ0v) is 23.5. The number of ether oxygens (including phenoxy) is 5. The van der Waals surface area contributed by atoms with Gasteiger partial charge in [-0.15, -0.1) is 0 Å². The molecule has 1 aromatic carbocycles. The van der Waals surface area contributed by atoms with E-state index >= 15 is 0 Å². The van der Waals surface area contributed by atoms with Gasteiger partial charge in [0, 0.05) is 32.9 Å². The quantitative estimate of drug-likeness (QED) is 0.110. The summed E-state index contributed by atoms with van der Waals surface area (Å²) < 4.78 is 52.1. The molecule has 0 N–H and O–H groups in total. The van der Waals surface area contributed by atoms with Gasteiger partial charge in [0.1, 0.15) is 11.9 Å². The van der Waals surface area contributed by atoms with Gasteiger partial charge in [0.15, 0.2) is 12.2 Å². The number of hydrogen-bond donors (Lipinski definition) is 0. The van der Waals surface area contributed by atoms with Crippen molar-refractivity contribution < 1.29 is 56.6 Å². The van der Waals surface area contributed by atoms with E-state index in [1.165, 1.54) is 18.2 Å². The van der Waals surface area contributed by atoms with Crippen molar-refractivity contribution in [3.8, 4) is 5.75 Å². The molecule has 1 saturated heterocycles. The van der Waals surface area contributed by atoms with Gasteiger partial charge in [0.05, 0.1) is 24.3 Å². The first-order valence-electron chi connectivity index (χ1n) is 12.3. The summed E-state index contributed by atoms with van der Waals surface area (Å²) in [4.78, 5) is 46.6. The minimum Gasteiger partial charge on any atom is -0.460 e. The van der Waals surface area contributed by atoms with Crippen molar-refractivity contribution in [3.05, 3.63) is 33.9 Å². The van der Waals surface area contributed by atoms with Crippen molar-refractivity contribution in [3.63, 3.8) is 0 Å². The number of nitrogens with zero attached hydrogens (tertiary/aromatic N) is 1. The van der Waals surface area contributed by atoms with Crippen LogP contribution in [0.3, 0.4) is 0 Å². The number of benzene rings is 1. The normalized spacial score (nSPS) is 23.0. The maximum Gasteiger partial charge on any atom is 0.330 e. The maximum atomic E-state index is 13.1. The zero-order chi connectivity index (χ0) is 29.3. The van der Waals surface area contributed by atoms with Crippen LogP contribution in [0.15, 0.2) is 18.2 Å². The van der Waals surface area contributed by atoms with E-state index in [0.29, 0.717) is 5.56 Å². The molecule has 5 atom stereocenters. The molecule has 15 heteroatoms. The number of nitro benzene ring substituents is 1. The second-order valence-electron chi connectivity index (χ2n) is 8.55. The van der Waals surface area contributed by atoms with Crippen LogP contribution in [0.25, 0.3) is 0 Å². The van der Waals surface area contributed by atoms with Crippen LogP contribution < -0.4 is 4.74 Å². The minimum atomic E-state index is -3.56. The molecule has 1 aromatic rings. The van der Waals surface area contributed by atoms with E-state index in [4.69, 9.17) is 32.7 Å². The molecule has 0 radical (unpaired) electrons. The standard InChI is InChI=1S/C24H34NO13P/c1-7-32-39(31,33-8-2)12-11-20-21(34-15(4)26)22(35-16(5)27)23(36-17(6)28)24(38-20)37-19-10-9-18(25(29)30)13-14(19)3/h9-10,13,20-24H,7-8,11-12H2,1-6H3/t20-,21-,22+,23+,24+/m1/s1. The fourth-order valence-electron chi connectivity index (χ4n) is 4.03. The number of hydrogen-bond acceptors (Lipinski definition) is 13. The first-order chi connectivity index (χ1) is 18.3. The van der Waals surface area contributed by atoms with Crippen molar-refractivity contribution >= 4 is 31.2 Å². The molecule has 0 unspecified atom stereocenters. The summed E-state index contributed by atoms with van der Waals surface area (Å²) in [6.45, 7) is 8.48. The lowest BCUT2D eigenvalue weighted by Gasteiger charge is -2.44. The van der Waals surface area contributed by atoms with Gasteiger partial charge in [-0.1, -0.05) is 0 Å². The van der Waals surface area contributed by atoms with Gasteiger partial charge < -0.3 is 32.7 Å². The Bertz CT molecular complexity index is 1080. The highest BCUT2D eigenvalue weighted by Gasteiger charge is 2.53. The van der Waals surface area contributed by atoms with Crippen molar-refractivity contribution in [1.82, 2.24) is 0 Å². The average molecular weight is 576 g/mol. The fraction of sp³-hybridized carbons (Fsp3) is 0.625. The Morgan fingerprint density at radius 2 is 1.49 bits per heavy atom. The molecule has 0 aromatic heterocycles. The molecule has 39 heavy (non-hydrogen) atoms. The Morgan fingerprint density at radius 3 is 1.97 bits per heavy atom. The Morgan fingerprint density at radius 1 is 0.949 bits per heavy atom. The molecule has 1 heterocycles. The number of carbonyl (C=O) groups excluding carboxylic acids is 3. The largest absolute Gasteiger partial charge is 0.460 e. The second-order valence-corrected chi connectivity index (χ2v) is 10.7. The van der Waals surface area contributed by atoms with E-state index < -0.39 is 61.1 Å². The first-order valence-corrected chi connectivity index (χ1v) is 14.0. The summed E-state index contributed by atoms with van der Waals surface area (Å²) in [5.41, 5.74) is 0.198. The summed E-state index contributed by atoms with van der Waals surface area (Å²) >= 11 is 0. The number of esters is 3. The van der Waals surface area contributed by atoms with E-state index in [9.17, 15) is 29.1 Å². The summed E-state index contributed by atoms with van der Waals surface area (Å²) in [6.07, 6.45) is -6.78. The van der Waals surface area contributed by atoms with E-state index in [-0.39, 0.29) is 37.2 Å². The molecule has 1 aliphatic heterocycles. The summed E-state index contributed by atoms with van der Waals surface area (Å²) in [6, 6.07) is 3.84. The van der Waals surface area contributed by atoms with Crippen LogP contribution in [-0.4, -0.2) is 72.9 Å². The lowest BCUT2D eigenvalue weighted by atomic mass is 9.96. The molecule has 2 rings (SSSR count). The molecule has 0 spiro atoms. The molecule has 0 saturated carbocycles. The monoisotopic (exact) mass is 575 g/mol. The lowest BCUT2D eigenvalue weighted by Crippen LogP contribution is -2.62. The van der Waals surface area contributed by atoms with Gasteiger partial charge in [0.2, 0.25) is 12.4 Å². The topological polar surface area (TPSA) is 176 Å². The average Bonchev–Trinajstić information content (AvgIpc) is 2.82. The van der Waals surface area contributed by atoms with Crippen molar-refractivity contribution in [1.29, 1.82) is 0 Å². The van der Waals surface area contributed by atoms with Crippen LogP contribution in [0.2, 0.25) is 0 Å². The predicted molar refractivity (Wildman–Crippen MR) is 134 cm³/mol. The predicted octanol–water partition coefficient (Wildman–Crippen LogP) is 3.46. The Kier molecular flexibility index (Phi) is 11.8. The van der Waals surface area contributed by atoms with Crippen LogP contribution >= 0.6 is 7.60 Å². The second kappa shape index (κ2) is 14.4. The smallest absolute Gasteiger partial charge is 0.330 e. The van der Waals surface area contributed by atoms with E-state index in [0.717, 1.165) is 20.8 Å². The van der Waals surface area contributed by atoms with Crippen LogP contribution in [0, 0.1) is 17.0 Å². The summed E-state index contributed by atoms with van der Waals surface area (Å²) in [7, 11) is -3.56. The van der Waals surface area contributed by atoms with E-state index in [2.05, 4.69) is 0 Å². The van der Waals surface area contributed by atoms with Crippen molar-refractivity contribution in [2.24, 2.45) is 0 Å². The number of rotatable bonds is 13. The molecule has 0 amide bonds. The number of carbonyl (C=O) groups is 3. The number of nitro groups is 1. The summed E-state index contributed by atoms with van der Waals surface area (Å²) in [5.74, 6) is -2.12. The SMILES string of the molecule is CCOP(=O)(CC[C@H]1O[C@H](Oc2ccc([N+](=O)[O-])cc2C)[C@@H](OC(C)=O)[C@@H](OC(C)=O)[C@@H]1OC(C)=O)OCC. The number of aryl methyl sites for hydroxylation is 1. The third-order valence-corrected chi connectivity index (χ3v) is 7.56. The molecular formula is C24H34NO13P. The van der Waals surface area contributed by atoms with Crippen LogP contribution in [-0.2, 0) is 46.9 Å². The highest BCUT2D eigenvalue weighted by atomic mass is 31.2. The third kappa shape index (κ3) is 9.27. The van der Waals surface area contributed by atoms with Crippen molar-refractivity contribution in [2.75, 3.05) is 19.4 Å². The minimum absolute atomic E-state index is 0.0567. The summed E-state index contributed by atoms with van der Waals surface area (Å²) in [5, 5.41) is 11.1. The Labute approximate surface area is 225 Å². The fourth-order valence-corrected chi connectivity index (χ4v) is 5.72. The molecular weight excluding hydrogens is 541 g/mol. The Hall–Kier alpha value is -3.06. The van der Waals surface area contributed by atoms with Gasteiger partial charge in [-0.2, -0.15) is 0 Å². The van der Waals surface area contributed by atoms with Crippen LogP contribution in [0.4, 0.5) is 5.69 Å². The molecule has 0 aliphatic carbocycles. The molecule has 1 fully saturated rings. The highest BCUT2D eigenvalue weighted by Crippen LogP contribution is 2.49. The van der Waals surface area contributed by atoms with Crippen LogP contribution in [0.5, 0.6) is 5.75 Å². The van der Waals surface area contributed by atoms with Gasteiger partial charge in [-0.3, -0.25) is 29.1 Å². The van der Waals surface area contributed by atoms with Gasteiger partial charge in [-0.25, -0.2) is 0 Å². The van der Waals surface area contributed by atoms with Crippen molar-refractivity contribution in [2.45, 2.75) is 78.7 Å². The van der Waals surface area contributed by atoms with E-state index in [1.807, 2.05) is 0 Å². The molecule has 218 valence electrons. The molecule has 0 bridgehead atoms. The zero-order valence-electron chi connectivity index (χ0n) is 22.6. The molecule has 1 aliphatic rings. The third-order valence-electron chi connectivity index (χ3n) is 5.45. The lowest BCUT2D eigenvalue weighted by molar-refractivity contribution is -0.384. The number of non-ortho nitro benzene ring substituents is 1. The van der Waals surface area contributed by atoms with E-state index in [1.54, 1.807) is 20.8 Å².